The maximum absolute atomic E-state index is 12.5. The van der Waals surface area contributed by atoms with Gasteiger partial charge in [-0.1, -0.05) is 0 Å². The Labute approximate surface area is 142 Å². The van der Waals surface area contributed by atoms with Crippen molar-refractivity contribution in [2.24, 2.45) is 0 Å². The molecule has 24 heavy (non-hydrogen) atoms. The van der Waals surface area contributed by atoms with Crippen LogP contribution >= 0.6 is 0 Å². The molecule has 1 aromatic rings. The molecule has 1 unspecified atom stereocenters. The van der Waals surface area contributed by atoms with Gasteiger partial charge in [-0.25, -0.2) is 0 Å². The second-order valence-electron chi connectivity index (χ2n) is 5.36. The summed E-state index contributed by atoms with van der Waals surface area (Å²) in [4.78, 5) is 23.7. The molecule has 0 N–H and O–H groups in total. The molecule has 0 bridgehead atoms. The number of carbonyl (C=O) groups excluding carboxylic acids is 2. The number of alkyl halides is 3. The standard InChI is InChI=1S/C16H21F3GeO4/c1-4-20(5-2,6-3)24-14(21)13(12-10-8-7-9-11-12)23-15(22)16(17,18)19/h7-11,13H,4-6H2,1-3H3. The zero-order valence-electron chi connectivity index (χ0n) is 13.9. The maximum atomic E-state index is 12.5. The topological polar surface area (TPSA) is 52.6 Å². The van der Waals surface area contributed by atoms with Crippen molar-refractivity contribution in [3.8, 4) is 0 Å². The van der Waals surface area contributed by atoms with Gasteiger partial charge in [-0.3, -0.25) is 0 Å². The molecule has 0 aromatic heterocycles. The fourth-order valence-electron chi connectivity index (χ4n) is 2.29. The van der Waals surface area contributed by atoms with Gasteiger partial charge >= 0.3 is 142 Å². The first-order valence-corrected chi connectivity index (χ1v) is 13.1. The summed E-state index contributed by atoms with van der Waals surface area (Å²) < 4.78 is 47.6. The molecule has 0 spiro atoms. The van der Waals surface area contributed by atoms with Gasteiger partial charge in [0.15, 0.2) is 0 Å². The van der Waals surface area contributed by atoms with Gasteiger partial charge < -0.3 is 0 Å². The fraction of sp³-hybridized carbons (Fsp3) is 0.500. The van der Waals surface area contributed by atoms with E-state index >= 15 is 0 Å². The Kier molecular flexibility index (Phi) is 7.32. The summed E-state index contributed by atoms with van der Waals surface area (Å²) in [7, 11) is 0. The summed E-state index contributed by atoms with van der Waals surface area (Å²) in [6.45, 7) is 5.71. The molecule has 1 aromatic carbocycles. The quantitative estimate of drug-likeness (QED) is 0.498. The van der Waals surface area contributed by atoms with E-state index < -0.39 is 37.8 Å². The van der Waals surface area contributed by atoms with Crippen molar-refractivity contribution in [1.82, 2.24) is 0 Å². The third-order valence-electron chi connectivity index (χ3n) is 4.02. The molecular weight excluding hydrogens is 386 g/mol. The molecule has 0 aliphatic carbocycles. The molecule has 0 aliphatic heterocycles. The van der Waals surface area contributed by atoms with Crippen LogP contribution in [0.4, 0.5) is 13.2 Å². The van der Waals surface area contributed by atoms with Crippen molar-refractivity contribution in [2.45, 2.75) is 48.8 Å². The number of hydrogen-bond donors (Lipinski definition) is 0. The van der Waals surface area contributed by atoms with Crippen LogP contribution in [0.2, 0.25) is 15.8 Å². The van der Waals surface area contributed by atoms with E-state index in [1.807, 2.05) is 20.8 Å². The molecule has 0 aliphatic rings. The van der Waals surface area contributed by atoms with E-state index in [0.717, 1.165) is 0 Å². The molecule has 0 radical (unpaired) electrons. The van der Waals surface area contributed by atoms with E-state index in [2.05, 4.69) is 4.74 Å². The summed E-state index contributed by atoms with van der Waals surface area (Å²) >= 11 is -2.95. The minimum absolute atomic E-state index is 0.153. The summed E-state index contributed by atoms with van der Waals surface area (Å²) in [5.74, 6) is -3.33. The number of ether oxygens (including phenoxy) is 1. The van der Waals surface area contributed by atoms with Crippen LogP contribution in [-0.4, -0.2) is 31.7 Å². The van der Waals surface area contributed by atoms with Crippen LogP contribution in [0.5, 0.6) is 0 Å². The molecule has 0 saturated heterocycles. The molecule has 1 rings (SSSR count). The first-order valence-electron chi connectivity index (χ1n) is 7.74. The Morgan fingerprint density at radius 2 is 1.54 bits per heavy atom. The van der Waals surface area contributed by atoms with Crippen molar-refractivity contribution in [3.63, 3.8) is 0 Å². The van der Waals surface area contributed by atoms with E-state index in [1.165, 1.54) is 12.1 Å². The van der Waals surface area contributed by atoms with E-state index in [1.54, 1.807) is 18.2 Å². The third kappa shape index (κ3) is 5.26. The summed E-state index contributed by atoms with van der Waals surface area (Å²) in [6, 6.07) is 7.59. The van der Waals surface area contributed by atoms with Crippen molar-refractivity contribution < 1.29 is 31.3 Å². The first kappa shape index (κ1) is 20.5. The van der Waals surface area contributed by atoms with Crippen LogP contribution < -0.4 is 0 Å². The van der Waals surface area contributed by atoms with Crippen LogP contribution in [0.3, 0.4) is 0 Å². The number of hydrogen-bond acceptors (Lipinski definition) is 4. The summed E-state index contributed by atoms with van der Waals surface area (Å²) in [5, 5.41) is 2.06. The molecule has 0 fully saturated rings. The van der Waals surface area contributed by atoms with Crippen LogP contribution in [0.25, 0.3) is 0 Å². The van der Waals surface area contributed by atoms with Crippen molar-refractivity contribution in [1.29, 1.82) is 0 Å². The monoisotopic (exact) mass is 408 g/mol. The van der Waals surface area contributed by atoms with Crippen LogP contribution in [0, 0.1) is 0 Å². The van der Waals surface area contributed by atoms with Gasteiger partial charge in [0.25, 0.3) is 0 Å². The zero-order chi connectivity index (χ0) is 18.4. The van der Waals surface area contributed by atoms with Gasteiger partial charge in [-0.05, 0) is 0 Å². The molecule has 1 atom stereocenters. The van der Waals surface area contributed by atoms with Crippen LogP contribution in [-0.2, 0) is 18.1 Å². The number of rotatable bonds is 7. The molecule has 0 heterocycles. The fourth-order valence-corrected chi connectivity index (χ4v) is 7.46. The summed E-state index contributed by atoms with van der Waals surface area (Å²) in [5.41, 5.74) is 0.153. The first-order chi connectivity index (χ1) is 11.2. The Bertz CT molecular complexity index is 548. The predicted octanol–water partition coefficient (Wildman–Crippen LogP) is 4.38. The SMILES string of the molecule is C[CH2][Ge]([CH2]C)([CH2]C)[O]C(=O)C(OC(=O)C(F)(F)F)c1ccccc1. The Morgan fingerprint density at radius 1 is 1.04 bits per heavy atom. The number of esters is 1. The van der Waals surface area contributed by atoms with Gasteiger partial charge in [-0.2, -0.15) is 0 Å². The number of halogens is 3. The van der Waals surface area contributed by atoms with E-state index in [9.17, 15) is 22.8 Å². The Balaban J connectivity index is 3.09. The Morgan fingerprint density at radius 3 is 1.96 bits per heavy atom. The zero-order valence-corrected chi connectivity index (χ0v) is 16.0. The normalized spacial score (nSPS) is 13.2. The van der Waals surface area contributed by atoms with E-state index in [0.29, 0.717) is 15.8 Å². The predicted molar refractivity (Wildman–Crippen MR) is 84.6 cm³/mol. The molecule has 0 amide bonds. The van der Waals surface area contributed by atoms with Crippen molar-refractivity contribution >= 4 is 25.5 Å². The van der Waals surface area contributed by atoms with Crippen LogP contribution in [0.1, 0.15) is 32.4 Å². The van der Waals surface area contributed by atoms with Gasteiger partial charge in [0.2, 0.25) is 0 Å². The molecule has 8 heteroatoms. The van der Waals surface area contributed by atoms with Crippen molar-refractivity contribution in [3.05, 3.63) is 35.9 Å². The third-order valence-corrected chi connectivity index (χ3v) is 13.5. The number of carbonyl (C=O) groups is 2. The van der Waals surface area contributed by atoms with Gasteiger partial charge in [-0.15, -0.1) is 0 Å². The van der Waals surface area contributed by atoms with Crippen LogP contribution in [0.15, 0.2) is 30.3 Å². The van der Waals surface area contributed by atoms with E-state index in [-0.39, 0.29) is 5.56 Å². The molecule has 134 valence electrons. The molecule has 0 saturated carbocycles. The van der Waals surface area contributed by atoms with Gasteiger partial charge in [0.05, 0.1) is 0 Å². The molecular formula is C16H21F3GeO4. The molecule has 4 nitrogen and oxygen atoms in total. The number of benzene rings is 1. The average molecular weight is 407 g/mol. The second kappa shape index (κ2) is 8.55. The Hall–Kier alpha value is -1.51. The summed E-state index contributed by atoms with van der Waals surface area (Å²) in [6.07, 6.45) is -6.89. The second-order valence-corrected chi connectivity index (χ2v) is 15.2. The average Bonchev–Trinajstić information content (AvgIpc) is 2.57. The van der Waals surface area contributed by atoms with E-state index in [4.69, 9.17) is 3.76 Å². The van der Waals surface area contributed by atoms with Crippen molar-refractivity contribution in [2.75, 3.05) is 0 Å². The minimum atomic E-state index is -5.17. The van der Waals surface area contributed by atoms with Gasteiger partial charge in [0, 0.05) is 0 Å². The van der Waals surface area contributed by atoms with Gasteiger partial charge in [0.1, 0.15) is 0 Å².